The summed E-state index contributed by atoms with van der Waals surface area (Å²) < 4.78 is 14.3. The number of benzene rings is 2. The number of rotatable bonds is 4. The molecule has 1 aliphatic rings. The van der Waals surface area contributed by atoms with Crippen molar-refractivity contribution in [3.63, 3.8) is 0 Å². The number of hydrogen-bond donors (Lipinski definition) is 2. The van der Waals surface area contributed by atoms with E-state index in [-0.39, 0.29) is 17.5 Å². The SMILES string of the molecule is O=C(NCC1CCCN1)c1ccc(-c2ccc(Cl)cc2)cc1F. The smallest absolute Gasteiger partial charge is 0.254 e. The Balaban J connectivity index is 1.70. The van der Waals surface area contributed by atoms with Crippen LogP contribution >= 0.6 is 11.6 Å². The highest BCUT2D eigenvalue weighted by Gasteiger charge is 2.17. The Morgan fingerprint density at radius 1 is 1.22 bits per heavy atom. The predicted molar refractivity (Wildman–Crippen MR) is 90.2 cm³/mol. The van der Waals surface area contributed by atoms with E-state index in [2.05, 4.69) is 10.6 Å². The van der Waals surface area contributed by atoms with Gasteiger partial charge in [-0.25, -0.2) is 4.39 Å². The highest BCUT2D eigenvalue weighted by molar-refractivity contribution is 6.30. The maximum atomic E-state index is 14.3. The molecule has 0 radical (unpaired) electrons. The van der Waals surface area contributed by atoms with E-state index in [9.17, 15) is 9.18 Å². The normalized spacial score (nSPS) is 17.2. The van der Waals surface area contributed by atoms with Gasteiger partial charge < -0.3 is 10.6 Å². The van der Waals surface area contributed by atoms with Crippen molar-refractivity contribution < 1.29 is 9.18 Å². The van der Waals surface area contributed by atoms with Gasteiger partial charge >= 0.3 is 0 Å². The quantitative estimate of drug-likeness (QED) is 0.897. The van der Waals surface area contributed by atoms with Crippen LogP contribution in [-0.4, -0.2) is 25.0 Å². The molecule has 5 heteroatoms. The fourth-order valence-corrected chi connectivity index (χ4v) is 2.89. The molecule has 1 saturated heterocycles. The molecule has 1 aliphatic heterocycles. The summed E-state index contributed by atoms with van der Waals surface area (Å²) in [5.74, 6) is -0.895. The Kier molecular flexibility index (Phi) is 4.94. The molecule has 3 nitrogen and oxygen atoms in total. The second kappa shape index (κ2) is 7.11. The average molecular weight is 333 g/mol. The first kappa shape index (κ1) is 16.0. The van der Waals surface area contributed by atoms with E-state index in [0.717, 1.165) is 24.9 Å². The Bertz CT molecular complexity index is 697. The third-order valence-electron chi connectivity index (χ3n) is 4.06. The van der Waals surface area contributed by atoms with Crippen molar-refractivity contribution >= 4 is 17.5 Å². The number of nitrogens with one attached hydrogen (secondary N) is 2. The second-order valence-corrected chi connectivity index (χ2v) is 6.14. The van der Waals surface area contributed by atoms with Crippen molar-refractivity contribution in [2.75, 3.05) is 13.1 Å². The Labute approximate surface area is 139 Å². The van der Waals surface area contributed by atoms with E-state index in [1.807, 2.05) is 12.1 Å². The highest BCUT2D eigenvalue weighted by Crippen LogP contribution is 2.23. The zero-order valence-corrected chi connectivity index (χ0v) is 13.4. The van der Waals surface area contributed by atoms with Gasteiger partial charge in [0.1, 0.15) is 5.82 Å². The fraction of sp³-hybridized carbons (Fsp3) is 0.278. The van der Waals surface area contributed by atoms with Gasteiger partial charge in [0.2, 0.25) is 0 Å². The zero-order valence-electron chi connectivity index (χ0n) is 12.6. The molecule has 120 valence electrons. The first-order valence-electron chi connectivity index (χ1n) is 7.70. The summed E-state index contributed by atoms with van der Waals surface area (Å²) in [4.78, 5) is 12.1. The molecule has 0 spiro atoms. The standard InChI is InChI=1S/C18H18ClFN2O/c19-14-6-3-12(4-7-14)13-5-8-16(17(20)10-13)18(23)22-11-15-2-1-9-21-15/h3-8,10,15,21H,1-2,9,11H2,(H,22,23). The molecule has 1 fully saturated rings. The molecule has 23 heavy (non-hydrogen) atoms. The van der Waals surface area contributed by atoms with Crippen LogP contribution in [0, 0.1) is 5.82 Å². The zero-order chi connectivity index (χ0) is 16.2. The van der Waals surface area contributed by atoms with Crippen LogP contribution in [0.1, 0.15) is 23.2 Å². The Morgan fingerprint density at radius 2 is 1.96 bits per heavy atom. The molecule has 3 rings (SSSR count). The molecular weight excluding hydrogens is 315 g/mol. The van der Waals surface area contributed by atoms with E-state index in [1.165, 1.54) is 12.1 Å². The lowest BCUT2D eigenvalue weighted by Crippen LogP contribution is -2.37. The van der Waals surface area contributed by atoms with E-state index in [4.69, 9.17) is 11.6 Å². The molecule has 1 unspecified atom stereocenters. The van der Waals surface area contributed by atoms with Crippen molar-refractivity contribution in [2.24, 2.45) is 0 Å². The molecule has 2 aromatic rings. The van der Waals surface area contributed by atoms with Crippen molar-refractivity contribution in [2.45, 2.75) is 18.9 Å². The minimum absolute atomic E-state index is 0.0701. The number of amides is 1. The van der Waals surface area contributed by atoms with Crippen molar-refractivity contribution in [3.8, 4) is 11.1 Å². The topological polar surface area (TPSA) is 41.1 Å². The van der Waals surface area contributed by atoms with Crippen LogP contribution in [0.4, 0.5) is 4.39 Å². The third kappa shape index (κ3) is 3.89. The van der Waals surface area contributed by atoms with Gasteiger partial charge in [0, 0.05) is 17.6 Å². The number of halogens is 2. The maximum Gasteiger partial charge on any atom is 0.254 e. The van der Waals surface area contributed by atoms with Crippen LogP contribution in [0.2, 0.25) is 5.02 Å². The summed E-state index contributed by atoms with van der Waals surface area (Å²) in [7, 11) is 0. The third-order valence-corrected chi connectivity index (χ3v) is 4.31. The molecule has 1 atom stereocenters. The van der Waals surface area contributed by atoms with Gasteiger partial charge in [0.25, 0.3) is 5.91 Å². The summed E-state index contributed by atoms with van der Waals surface area (Å²) >= 11 is 5.85. The summed E-state index contributed by atoms with van der Waals surface area (Å²) in [6.07, 6.45) is 2.16. The number of carbonyl (C=O) groups is 1. The van der Waals surface area contributed by atoms with Gasteiger partial charge in [0.05, 0.1) is 5.56 Å². The number of hydrogen-bond acceptors (Lipinski definition) is 2. The van der Waals surface area contributed by atoms with Gasteiger partial charge in [-0.3, -0.25) is 4.79 Å². The highest BCUT2D eigenvalue weighted by atomic mass is 35.5. The van der Waals surface area contributed by atoms with Crippen molar-refractivity contribution in [3.05, 3.63) is 58.9 Å². The van der Waals surface area contributed by atoms with E-state index < -0.39 is 5.82 Å². The largest absolute Gasteiger partial charge is 0.350 e. The molecule has 1 amide bonds. The number of carbonyl (C=O) groups excluding carboxylic acids is 1. The minimum atomic E-state index is -0.519. The Hall–Kier alpha value is -1.91. The van der Waals surface area contributed by atoms with Gasteiger partial charge in [0.15, 0.2) is 0 Å². The lowest BCUT2D eigenvalue weighted by molar-refractivity contribution is 0.0946. The van der Waals surface area contributed by atoms with E-state index >= 15 is 0 Å². The van der Waals surface area contributed by atoms with Crippen molar-refractivity contribution in [1.82, 2.24) is 10.6 Å². The van der Waals surface area contributed by atoms with Gasteiger partial charge in [-0.15, -0.1) is 0 Å². The summed E-state index contributed by atoms with van der Waals surface area (Å²) in [5, 5.41) is 6.71. The van der Waals surface area contributed by atoms with E-state index in [1.54, 1.807) is 18.2 Å². The average Bonchev–Trinajstić information content (AvgIpc) is 3.06. The van der Waals surface area contributed by atoms with Crippen LogP contribution in [0.3, 0.4) is 0 Å². The summed E-state index contributed by atoms with van der Waals surface area (Å²) in [6.45, 7) is 1.50. The molecule has 1 heterocycles. The van der Waals surface area contributed by atoms with Crippen LogP contribution in [-0.2, 0) is 0 Å². The molecule has 2 aromatic carbocycles. The first-order valence-corrected chi connectivity index (χ1v) is 8.08. The monoisotopic (exact) mass is 332 g/mol. The molecular formula is C18H18ClFN2O. The summed E-state index contributed by atoms with van der Waals surface area (Å²) in [5.41, 5.74) is 1.64. The molecule has 0 saturated carbocycles. The Morgan fingerprint density at radius 3 is 2.61 bits per heavy atom. The lowest BCUT2D eigenvalue weighted by atomic mass is 10.0. The lowest BCUT2D eigenvalue weighted by Gasteiger charge is -2.12. The van der Waals surface area contributed by atoms with Crippen LogP contribution in [0.25, 0.3) is 11.1 Å². The second-order valence-electron chi connectivity index (χ2n) is 5.70. The fourth-order valence-electron chi connectivity index (χ4n) is 2.76. The minimum Gasteiger partial charge on any atom is -0.350 e. The van der Waals surface area contributed by atoms with Crippen LogP contribution in [0.15, 0.2) is 42.5 Å². The maximum absolute atomic E-state index is 14.3. The molecule has 0 bridgehead atoms. The van der Waals surface area contributed by atoms with E-state index in [0.29, 0.717) is 17.1 Å². The van der Waals surface area contributed by atoms with Crippen molar-refractivity contribution in [1.29, 1.82) is 0 Å². The molecule has 2 N–H and O–H groups in total. The van der Waals surface area contributed by atoms with Gasteiger partial charge in [-0.1, -0.05) is 29.8 Å². The van der Waals surface area contributed by atoms with Crippen LogP contribution in [0.5, 0.6) is 0 Å². The summed E-state index contributed by atoms with van der Waals surface area (Å²) in [6, 6.07) is 12.1. The van der Waals surface area contributed by atoms with Gasteiger partial charge in [-0.05, 0) is 54.8 Å². The van der Waals surface area contributed by atoms with Gasteiger partial charge in [-0.2, -0.15) is 0 Å². The first-order chi connectivity index (χ1) is 11.1. The molecule has 0 aliphatic carbocycles. The predicted octanol–water partition coefficient (Wildman–Crippen LogP) is 3.63. The molecule has 0 aromatic heterocycles. The van der Waals surface area contributed by atoms with Crippen LogP contribution < -0.4 is 10.6 Å².